The molecule has 28 heavy (non-hydrogen) atoms. The lowest BCUT2D eigenvalue weighted by Gasteiger charge is -2.05. The van der Waals surface area contributed by atoms with E-state index in [0.29, 0.717) is 24.2 Å². The number of benzene rings is 2. The summed E-state index contributed by atoms with van der Waals surface area (Å²) in [6.07, 6.45) is 2.38. The molecule has 1 N–H and O–H groups in total. The first-order valence-electron chi connectivity index (χ1n) is 8.76. The molecule has 1 aromatic heterocycles. The number of nitrogens with one attached hydrogen (secondary N) is 1. The van der Waals surface area contributed by atoms with E-state index in [4.69, 9.17) is 4.74 Å². The van der Waals surface area contributed by atoms with Gasteiger partial charge in [-0.05, 0) is 54.4 Å². The maximum Gasteiger partial charge on any atom is 0.337 e. The number of hydrogen-bond acceptors (Lipinski definition) is 5. The number of carbonyl (C=O) groups excluding carboxylic acids is 2. The first kappa shape index (κ1) is 19.2. The highest BCUT2D eigenvalue weighted by atomic mass is 16.5. The Morgan fingerprint density at radius 2 is 1.71 bits per heavy atom. The molecule has 1 amide bonds. The van der Waals surface area contributed by atoms with Crippen LogP contribution in [0.15, 0.2) is 60.8 Å². The van der Waals surface area contributed by atoms with Gasteiger partial charge in [-0.25, -0.2) is 9.48 Å². The Bertz CT molecular complexity index is 947. The van der Waals surface area contributed by atoms with Gasteiger partial charge in [0, 0.05) is 12.7 Å². The van der Waals surface area contributed by atoms with E-state index in [1.165, 1.54) is 7.11 Å². The van der Waals surface area contributed by atoms with Crippen LogP contribution in [0.2, 0.25) is 0 Å². The van der Waals surface area contributed by atoms with Crippen molar-refractivity contribution in [1.29, 1.82) is 0 Å². The van der Waals surface area contributed by atoms with Gasteiger partial charge in [-0.15, -0.1) is 0 Å². The Kier molecular flexibility index (Phi) is 6.06. The standard InChI is InChI=1S/C21H21N3O4/c1-27-18-9-7-17(8-10-18)24-14-12-19(23-24)20(25)22-13-11-15-3-5-16(6-4-15)21(26)28-2/h3-10,12,14H,11,13H2,1-2H3,(H,22,25). The molecule has 0 saturated carbocycles. The zero-order chi connectivity index (χ0) is 19.9. The van der Waals surface area contributed by atoms with Crippen LogP contribution >= 0.6 is 0 Å². The molecule has 3 aromatic rings. The van der Waals surface area contributed by atoms with E-state index >= 15 is 0 Å². The van der Waals surface area contributed by atoms with Crippen molar-refractivity contribution >= 4 is 11.9 Å². The second-order valence-corrected chi connectivity index (χ2v) is 6.04. The molecule has 0 aliphatic carbocycles. The van der Waals surface area contributed by atoms with Crippen LogP contribution in [0.4, 0.5) is 0 Å². The minimum atomic E-state index is -0.368. The highest BCUT2D eigenvalue weighted by molar-refractivity contribution is 5.92. The molecule has 3 rings (SSSR count). The molecule has 0 aliphatic heterocycles. The van der Waals surface area contributed by atoms with Gasteiger partial charge in [-0.1, -0.05) is 12.1 Å². The Hall–Kier alpha value is -3.61. The lowest BCUT2D eigenvalue weighted by Crippen LogP contribution is -2.26. The minimum absolute atomic E-state index is 0.238. The van der Waals surface area contributed by atoms with E-state index in [1.807, 2.05) is 36.4 Å². The third kappa shape index (κ3) is 4.56. The van der Waals surface area contributed by atoms with Gasteiger partial charge in [-0.3, -0.25) is 4.79 Å². The normalized spacial score (nSPS) is 10.4. The minimum Gasteiger partial charge on any atom is -0.497 e. The van der Waals surface area contributed by atoms with Crippen molar-refractivity contribution in [2.45, 2.75) is 6.42 Å². The first-order chi connectivity index (χ1) is 13.6. The van der Waals surface area contributed by atoms with Crippen molar-refractivity contribution in [3.8, 4) is 11.4 Å². The summed E-state index contributed by atoms with van der Waals surface area (Å²) in [7, 11) is 2.96. The predicted molar refractivity (Wildman–Crippen MR) is 104 cm³/mol. The summed E-state index contributed by atoms with van der Waals surface area (Å²) >= 11 is 0. The Morgan fingerprint density at radius 3 is 2.36 bits per heavy atom. The van der Waals surface area contributed by atoms with E-state index in [2.05, 4.69) is 15.2 Å². The van der Waals surface area contributed by atoms with Gasteiger partial charge in [0.25, 0.3) is 5.91 Å². The van der Waals surface area contributed by atoms with Crippen LogP contribution in [0.3, 0.4) is 0 Å². The summed E-state index contributed by atoms with van der Waals surface area (Å²) in [5.74, 6) is 0.152. The van der Waals surface area contributed by atoms with E-state index in [1.54, 1.807) is 36.2 Å². The number of amides is 1. The highest BCUT2D eigenvalue weighted by Crippen LogP contribution is 2.14. The first-order valence-corrected chi connectivity index (χ1v) is 8.76. The second kappa shape index (κ2) is 8.85. The molecule has 0 saturated heterocycles. The zero-order valence-electron chi connectivity index (χ0n) is 15.7. The number of nitrogens with zero attached hydrogens (tertiary/aromatic N) is 2. The summed E-state index contributed by atoms with van der Waals surface area (Å²) in [4.78, 5) is 23.7. The molecule has 0 radical (unpaired) electrons. The van der Waals surface area contributed by atoms with Gasteiger partial charge in [0.1, 0.15) is 5.75 Å². The number of esters is 1. The summed E-state index contributed by atoms with van der Waals surface area (Å²) in [5, 5.41) is 7.17. The monoisotopic (exact) mass is 379 g/mol. The fourth-order valence-electron chi connectivity index (χ4n) is 2.66. The van der Waals surface area contributed by atoms with Gasteiger partial charge < -0.3 is 14.8 Å². The average molecular weight is 379 g/mol. The van der Waals surface area contributed by atoms with Crippen LogP contribution in [0.25, 0.3) is 5.69 Å². The topological polar surface area (TPSA) is 82.5 Å². The third-order valence-electron chi connectivity index (χ3n) is 4.23. The van der Waals surface area contributed by atoms with Gasteiger partial charge >= 0.3 is 5.97 Å². The number of carbonyl (C=O) groups is 2. The van der Waals surface area contributed by atoms with E-state index in [-0.39, 0.29) is 11.9 Å². The average Bonchev–Trinajstić information content (AvgIpc) is 3.24. The quantitative estimate of drug-likeness (QED) is 0.638. The number of rotatable bonds is 7. The molecule has 1 heterocycles. The van der Waals surface area contributed by atoms with E-state index < -0.39 is 0 Å². The molecule has 144 valence electrons. The van der Waals surface area contributed by atoms with Crippen molar-refractivity contribution in [2.24, 2.45) is 0 Å². The van der Waals surface area contributed by atoms with Crippen LogP contribution in [-0.2, 0) is 11.2 Å². The molecule has 0 fully saturated rings. The predicted octanol–water partition coefficient (Wildman–Crippen LogP) is 2.64. The van der Waals surface area contributed by atoms with Gasteiger partial charge in [0.15, 0.2) is 5.69 Å². The van der Waals surface area contributed by atoms with Crippen molar-refractivity contribution in [2.75, 3.05) is 20.8 Å². The molecule has 7 heteroatoms. The Balaban J connectivity index is 1.54. The largest absolute Gasteiger partial charge is 0.497 e. The van der Waals surface area contributed by atoms with E-state index in [0.717, 1.165) is 17.0 Å². The zero-order valence-corrected chi connectivity index (χ0v) is 15.7. The third-order valence-corrected chi connectivity index (χ3v) is 4.23. The summed E-state index contributed by atoms with van der Waals surface area (Å²) in [6, 6.07) is 16.2. The van der Waals surface area contributed by atoms with Gasteiger partial charge in [0.05, 0.1) is 25.5 Å². The summed E-state index contributed by atoms with van der Waals surface area (Å²) in [6.45, 7) is 0.464. The summed E-state index contributed by atoms with van der Waals surface area (Å²) < 4.78 is 11.4. The maximum atomic E-state index is 12.3. The van der Waals surface area contributed by atoms with Crippen molar-refractivity contribution in [3.05, 3.63) is 77.6 Å². The van der Waals surface area contributed by atoms with Crippen molar-refractivity contribution < 1.29 is 19.1 Å². The second-order valence-electron chi connectivity index (χ2n) is 6.04. The lowest BCUT2D eigenvalue weighted by molar-refractivity contribution is 0.0600. The number of aromatic nitrogens is 2. The fourth-order valence-corrected chi connectivity index (χ4v) is 2.66. The smallest absolute Gasteiger partial charge is 0.337 e. The number of hydrogen-bond donors (Lipinski definition) is 1. The molecule has 7 nitrogen and oxygen atoms in total. The van der Waals surface area contributed by atoms with E-state index in [9.17, 15) is 9.59 Å². The molecule has 0 spiro atoms. The molecular weight excluding hydrogens is 358 g/mol. The molecule has 0 unspecified atom stereocenters. The SMILES string of the molecule is COC(=O)c1ccc(CCNC(=O)c2ccn(-c3ccc(OC)cc3)n2)cc1. The molecule has 2 aromatic carbocycles. The molecule has 0 atom stereocenters. The summed E-state index contributed by atoms with van der Waals surface area (Å²) in [5.41, 5.74) is 2.69. The molecule has 0 bridgehead atoms. The van der Waals surface area contributed by atoms with Crippen LogP contribution in [0.5, 0.6) is 5.75 Å². The van der Waals surface area contributed by atoms with Crippen LogP contribution in [0, 0.1) is 0 Å². The van der Waals surface area contributed by atoms with Crippen LogP contribution < -0.4 is 10.1 Å². The fraction of sp³-hybridized carbons (Fsp3) is 0.190. The van der Waals surface area contributed by atoms with Crippen LogP contribution in [-0.4, -0.2) is 42.4 Å². The van der Waals surface area contributed by atoms with Crippen LogP contribution in [0.1, 0.15) is 26.4 Å². The Morgan fingerprint density at radius 1 is 1.00 bits per heavy atom. The van der Waals surface area contributed by atoms with Crippen molar-refractivity contribution in [3.63, 3.8) is 0 Å². The molecule has 0 aliphatic rings. The molecular formula is C21H21N3O4. The van der Waals surface area contributed by atoms with Crippen molar-refractivity contribution in [1.82, 2.24) is 15.1 Å². The Labute approximate surface area is 162 Å². The maximum absolute atomic E-state index is 12.3. The van der Waals surface area contributed by atoms with Gasteiger partial charge in [0.2, 0.25) is 0 Å². The highest BCUT2D eigenvalue weighted by Gasteiger charge is 2.10. The lowest BCUT2D eigenvalue weighted by atomic mass is 10.1. The number of ether oxygens (including phenoxy) is 2. The number of methoxy groups -OCH3 is 2. The van der Waals surface area contributed by atoms with Gasteiger partial charge in [-0.2, -0.15) is 5.10 Å².